The van der Waals surface area contributed by atoms with E-state index < -0.39 is 6.10 Å². The number of carbonyl (C=O) groups is 1. The quantitative estimate of drug-likeness (QED) is 0.805. The van der Waals surface area contributed by atoms with E-state index in [0.717, 1.165) is 5.56 Å². The van der Waals surface area contributed by atoms with E-state index in [2.05, 4.69) is 5.32 Å². The molecule has 2 N–H and O–H groups in total. The molecule has 1 aliphatic rings. The zero-order valence-corrected chi connectivity index (χ0v) is 11.3. The average molecular weight is 264 g/mol. The van der Waals surface area contributed by atoms with Crippen LogP contribution in [0.15, 0.2) is 24.3 Å². The minimum atomic E-state index is -0.494. The standard InChI is InChI=1S/C14H20N2O3/c1-16(11-8-15-9-12(11)17)14(18)7-10-5-3-4-6-13(10)19-2/h3-6,11-12,15,17H,7-9H2,1-2H3/t11-,12-/m0/s1. The van der Waals surface area contributed by atoms with Crippen molar-refractivity contribution in [3.8, 4) is 5.75 Å². The summed E-state index contributed by atoms with van der Waals surface area (Å²) in [5.74, 6) is 0.701. The molecule has 1 amide bonds. The molecular weight excluding hydrogens is 244 g/mol. The van der Waals surface area contributed by atoms with Gasteiger partial charge in [-0.1, -0.05) is 18.2 Å². The Morgan fingerprint density at radius 2 is 2.21 bits per heavy atom. The predicted molar refractivity (Wildman–Crippen MR) is 72.1 cm³/mol. The Balaban J connectivity index is 2.04. The fourth-order valence-corrected chi connectivity index (χ4v) is 2.37. The normalized spacial score (nSPS) is 22.3. The van der Waals surface area contributed by atoms with E-state index in [1.54, 1.807) is 19.1 Å². The lowest BCUT2D eigenvalue weighted by molar-refractivity contribution is -0.132. The number of hydrogen-bond acceptors (Lipinski definition) is 4. The van der Waals surface area contributed by atoms with Crippen LogP contribution in [0, 0.1) is 0 Å². The molecule has 1 heterocycles. The first kappa shape index (κ1) is 13.8. The van der Waals surface area contributed by atoms with Gasteiger partial charge < -0.3 is 20.1 Å². The van der Waals surface area contributed by atoms with Crippen LogP contribution < -0.4 is 10.1 Å². The van der Waals surface area contributed by atoms with Crippen LogP contribution in [0.1, 0.15) is 5.56 Å². The van der Waals surface area contributed by atoms with Gasteiger partial charge in [-0.2, -0.15) is 0 Å². The monoisotopic (exact) mass is 264 g/mol. The third-order valence-corrected chi connectivity index (χ3v) is 3.58. The van der Waals surface area contributed by atoms with Gasteiger partial charge in [0, 0.05) is 25.7 Å². The molecule has 1 aliphatic heterocycles. The van der Waals surface area contributed by atoms with Gasteiger partial charge >= 0.3 is 0 Å². The highest BCUT2D eigenvalue weighted by Crippen LogP contribution is 2.19. The number of rotatable bonds is 4. The van der Waals surface area contributed by atoms with Crippen LogP contribution in [0.4, 0.5) is 0 Å². The third-order valence-electron chi connectivity index (χ3n) is 3.58. The number of methoxy groups -OCH3 is 1. The summed E-state index contributed by atoms with van der Waals surface area (Å²) in [4.78, 5) is 13.9. The molecule has 1 aromatic carbocycles. The van der Waals surface area contributed by atoms with E-state index in [1.807, 2.05) is 24.3 Å². The lowest BCUT2D eigenvalue weighted by Gasteiger charge is -2.26. The molecule has 1 aromatic rings. The summed E-state index contributed by atoms with van der Waals surface area (Å²) in [5.41, 5.74) is 0.863. The predicted octanol–water partition coefficient (Wildman–Crippen LogP) is 0.0288. The molecule has 19 heavy (non-hydrogen) atoms. The second-order valence-electron chi connectivity index (χ2n) is 4.79. The lowest BCUT2D eigenvalue weighted by Crippen LogP contribution is -2.44. The van der Waals surface area contributed by atoms with Crippen LogP contribution in [0.3, 0.4) is 0 Å². The highest BCUT2D eigenvalue weighted by molar-refractivity contribution is 5.79. The topological polar surface area (TPSA) is 61.8 Å². The molecule has 2 atom stereocenters. The molecule has 5 nitrogen and oxygen atoms in total. The van der Waals surface area contributed by atoms with Gasteiger partial charge in [-0.25, -0.2) is 0 Å². The number of benzene rings is 1. The molecule has 104 valence electrons. The number of carbonyl (C=O) groups excluding carboxylic acids is 1. The number of likely N-dealkylation sites (N-methyl/N-ethyl adjacent to an activating group) is 1. The highest BCUT2D eigenvalue weighted by Gasteiger charge is 2.31. The maximum atomic E-state index is 12.2. The van der Waals surface area contributed by atoms with Crippen LogP contribution in [0.5, 0.6) is 5.75 Å². The first-order valence-corrected chi connectivity index (χ1v) is 6.40. The molecule has 1 saturated heterocycles. The Bertz CT molecular complexity index is 450. The van der Waals surface area contributed by atoms with Crippen molar-refractivity contribution in [3.63, 3.8) is 0 Å². The van der Waals surface area contributed by atoms with Crippen LogP contribution >= 0.6 is 0 Å². The summed E-state index contributed by atoms with van der Waals surface area (Å²) in [6.45, 7) is 1.17. The molecule has 0 aliphatic carbocycles. The number of nitrogens with zero attached hydrogens (tertiary/aromatic N) is 1. The molecule has 5 heteroatoms. The molecule has 2 rings (SSSR count). The van der Waals surface area contributed by atoms with Crippen molar-refractivity contribution in [1.82, 2.24) is 10.2 Å². The van der Waals surface area contributed by atoms with E-state index in [1.165, 1.54) is 0 Å². The van der Waals surface area contributed by atoms with Crippen LogP contribution in [-0.2, 0) is 11.2 Å². The minimum Gasteiger partial charge on any atom is -0.496 e. The van der Waals surface area contributed by atoms with Crippen molar-refractivity contribution >= 4 is 5.91 Å². The van der Waals surface area contributed by atoms with E-state index >= 15 is 0 Å². The summed E-state index contributed by atoms with van der Waals surface area (Å²) in [6.07, 6.45) is -0.212. The molecule has 0 aromatic heterocycles. The van der Waals surface area contributed by atoms with Crippen molar-refractivity contribution in [3.05, 3.63) is 29.8 Å². The van der Waals surface area contributed by atoms with E-state index in [0.29, 0.717) is 18.8 Å². The lowest BCUT2D eigenvalue weighted by atomic mass is 10.1. The van der Waals surface area contributed by atoms with Crippen molar-refractivity contribution in [1.29, 1.82) is 0 Å². The number of aliphatic hydroxyl groups is 1. The molecule has 0 bridgehead atoms. The smallest absolute Gasteiger partial charge is 0.227 e. The summed E-state index contributed by atoms with van der Waals surface area (Å²) < 4.78 is 5.24. The highest BCUT2D eigenvalue weighted by atomic mass is 16.5. The second kappa shape index (κ2) is 6.04. The first-order chi connectivity index (χ1) is 9.13. The number of aliphatic hydroxyl groups excluding tert-OH is 1. The SMILES string of the molecule is COc1ccccc1CC(=O)N(C)[C@H]1CNC[C@@H]1O. The maximum Gasteiger partial charge on any atom is 0.227 e. The van der Waals surface area contributed by atoms with E-state index in [4.69, 9.17) is 4.74 Å². The van der Waals surface area contributed by atoms with E-state index in [9.17, 15) is 9.90 Å². The summed E-state index contributed by atoms with van der Waals surface area (Å²) >= 11 is 0. The number of nitrogens with one attached hydrogen (secondary N) is 1. The van der Waals surface area contributed by atoms with Crippen molar-refractivity contribution < 1.29 is 14.6 Å². The van der Waals surface area contributed by atoms with Gasteiger partial charge in [-0.15, -0.1) is 0 Å². The zero-order chi connectivity index (χ0) is 13.8. The molecule has 0 radical (unpaired) electrons. The van der Waals surface area contributed by atoms with Gasteiger partial charge in [0.05, 0.1) is 25.7 Å². The Morgan fingerprint density at radius 3 is 2.84 bits per heavy atom. The van der Waals surface area contributed by atoms with Gasteiger partial charge in [0.2, 0.25) is 5.91 Å². The average Bonchev–Trinajstić information content (AvgIpc) is 2.84. The summed E-state index contributed by atoms with van der Waals surface area (Å²) in [7, 11) is 3.33. The molecule has 1 fully saturated rings. The van der Waals surface area contributed by atoms with Gasteiger partial charge in [0.1, 0.15) is 5.75 Å². The second-order valence-corrected chi connectivity index (χ2v) is 4.79. The van der Waals surface area contributed by atoms with Gasteiger partial charge in [0.25, 0.3) is 0 Å². The van der Waals surface area contributed by atoms with Gasteiger partial charge in [-0.3, -0.25) is 4.79 Å². The number of amides is 1. The summed E-state index contributed by atoms with van der Waals surface area (Å²) in [5, 5.41) is 12.9. The fourth-order valence-electron chi connectivity index (χ4n) is 2.37. The minimum absolute atomic E-state index is 0.0164. The van der Waals surface area contributed by atoms with Crippen LogP contribution in [0.25, 0.3) is 0 Å². The molecule has 0 spiro atoms. The third kappa shape index (κ3) is 3.05. The molecular formula is C14H20N2O3. The van der Waals surface area contributed by atoms with Crippen LogP contribution in [-0.4, -0.2) is 55.3 Å². The number of para-hydroxylation sites is 1. The van der Waals surface area contributed by atoms with E-state index in [-0.39, 0.29) is 18.4 Å². The molecule has 0 saturated carbocycles. The summed E-state index contributed by atoms with van der Waals surface area (Å²) in [6, 6.07) is 7.34. The number of hydrogen-bond donors (Lipinski definition) is 2. The zero-order valence-electron chi connectivity index (χ0n) is 11.3. The van der Waals surface area contributed by atoms with Crippen molar-refractivity contribution in [2.24, 2.45) is 0 Å². The van der Waals surface area contributed by atoms with Crippen LogP contribution in [0.2, 0.25) is 0 Å². The number of ether oxygens (including phenoxy) is 1. The fraction of sp³-hybridized carbons (Fsp3) is 0.500. The Kier molecular flexibility index (Phi) is 4.39. The first-order valence-electron chi connectivity index (χ1n) is 6.40. The Morgan fingerprint density at radius 1 is 1.47 bits per heavy atom. The van der Waals surface area contributed by atoms with Crippen molar-refractivity contribution in [2.75, 3.05) is 27.2 Å². The largest absolute Gasteiger partial charge is 0.496 e. The van der Waals surface area contributed by atoms with Gasteiger partial charge in [-0.05, 0) is 6.07 Å². The number of β-amino-alcohol motifs (C(OH)–C–C–N with tert-alkyl or cyclic N) is 1. The molecule has 0 unspecified atom stereocenters. The Hall–Kier alpha value is -1.59. The maximum absolute atomic E-state index is 12.2. The van der Waals surface area contributed by atoms with Crippen molar-refractivity contribution in [2.45, 2.75) is 18.6 Å². The van der Waals surface area contributed by atoms with Gasteiger partial charge in [0.15, 0.2) is 0 Å². The Labute approximate surface area is 113 Å².